The molecule has 0 radical (unpaired) electrons. The van der Waals surface area contributed by atoms with E-state index in [2.05, 4.69) is 67.1 Å². The van der Waals surface area contributed by atoms with E-state index in [-0.39, 0.29) is 11.3 Å². The number of pyridine rings is 1. The lowest BCUT2D eigenvalue weighted by Gasteiger charge is -2.34. The predicted molar refractivity (Wildman–Crippen MR) is 110 cm³/mol. The maximum Gasteiger partial charge on any atom is 0.222 e. The molecule has 0 bridgehead atoms. The highest BCUT2D eigenvalue weighted by atomic mass is 16.2. The molecular formula is C23H31N3O. The second-order valence-corrected chi connectivity index (χ2v) is 8.46. The normalized spacial score (nSPS) is 15.7. The highest BCUT2D eigenvalue weighted by Crippen LogP contribution is 2.22. The SMILES string of the molecule is CC(C)(C)c1ccc(CCC(=O)N2CCN(Cc3ccncc3)CC2)cc1. The Morgan fingerprint density at radius 2 is 1.56 bits per heavy atom. The van der Waals surface area contributed by atoms with Gasteiger partial charge in [-0.3, -0.25) is 14.7 Å². The summed E-state index contributed by atoms with van der Waals surface area (Å²) in [7, 11) is 0. The van der Waals surface area contributed by atoms with E-state index in [1.54, 1.807) is 0 Å². The maximum absolute atomic E-state index is 12.6. The van der Waals surface area contributed by atoms with E-state index in [1.807, 2.05) is 17.3 Å². The Morgan fingerprint density at radius 3 is 2.15 bits per heavy atom. The summed E-state index contributed by atoms with van der Waals surface area (Å²) in [5.41, 5.74) is 4.03. The van der Waals surface area contributed by atoms with E-state index in [9.17, 15) is 4.79 Å². The van der Waals surface area contributed by atoms with Gasteiger partial charge in [-0.15, -0.1) is 0 Å². The van der Waals surface area contributed by atoms with Crippen molar-refractivity contribution >= 4 is 5.91 Å². The van der Waals surface area contributed by atoms with E-state index < -0.39 is 0 Å². The molecule has 0 saturated carbocycles. The van der Waals surface area contributed by atoms with Crippen LogP contribution in [-0.2, 0) is 23.2 Å². The van der Waals surface area contributed by atoms with E-state index in [0.29, 0.717) is 6.42 Å². The van der Waals surface area contributed by atoms with Crippen molar-refractivity contribution in [3.63, 3.8) is 0 Å². The average Bonchev–Trinajstić information content (AvgIpc) is 2.67. The summed E-state index contributed by atoms with van der Waals surface area (Å²) in [6.45, 7) is 11.1. The van der Waals surface area contributed by atoms with Crippen molar-refractivity contribution in [2.75, 3.05) is 26.2 Å². The maximum atomic E-state index is 12.6. The molecule has 1 aromatic carbocycles. The molecule has 1 aliphatic heterocycles. The van der Waals surface area contributed by atoms with Gasteiger partial charge in [0.15, 0.2) is 0 Å². The minimum atomic E-state index is 0.171. The first-order valence-corrected chi connectivity index (χ1v) is 9.90. The second kappa shape index (κ2) is 8.66. The summed E-state index contributed by atoms with van der Waals surface area (Å²) in [6, 6.07) is 12.8. The van der Waals surface area contributed by atoms with Crippen LogP contribution in [0, 0.1) is 0 Å². The fourth-order valence-corrected chi connectivity index (χ4v) is 3.48. The van der Waals surface area contributed by atoms with Gasteiger partial charge in [-0.2, -0.15) is 0 Å². The summed E-state index contributed by atoms with van der Waals surface area (Å²) >= 11 is 0. The van der Waals surface area contributed by atoms with Crippen molar-refractivity contribution in [1.82, 2.24) is 14.8 Å². The third-order valence-corrected chi connectivity index (χ3v) is 5.33. The Balaban J connectivity index is 1.43. The van der Waals surface area contributed by atoms with Crippen molar-refractivity contribution in [2.45, 2.75) is 45.6 Å². The third-order valence-electron chi connectivity index (χ3n) is 5.33. The Kier molecular flexibility index (Phi) is 6.27. The van der Waals surface area contributed by atoms with Crippen molar-refractivity contribution in [1.29, 1.82) is 0 Å². The molecule has 1 aromatic heterocycles. The number of amides is 1. The van der Waals surface area contributed by atoms with Crippen molar-refractivity contribution < 1.29 is 4.79 Å². The van der Waals surface area contributed by atoms with Crippen molar-refractivity contribution in [3.05, 3.63) is 65.5 Å². The van der Waals surface area contributed by atoms with Crippen LogP contribution < -0.4 is 0 Å². The van der Waals surface area contributed by atoms with Crippen LogP contribution in [0.3, 0.4) is 0 Å². The average molecular weight is 366 g/mol. The number of aromatic nitrogens is 1. The number of hydrogen-bond donors (Lipinski definition) is 0. The number of aryl methyl sites for hydroxylation is 1. The molecule has 2 aromatic rings. The lowest BCUT2D eigenvalue weighted by atomic mass is 9.86. The Hall–Kier alpha value is -2.20. The fraction of sp³-hybridized carbons (Fsp3) is 0.478. The third kappa shape index (κ3) is 5.64. The lowest BCUT2D eigenvalue weighted by molar-refractivity contribution is -0.133. The summed E-state index contributed by atoms with van der Waals surface area (Å²) in [5, 5.41) is 0. The van der Waals surface area contributed by atoms with Gasteiger partial charge in [-0.25, -0.2) is 0 Å². The van der Waals surface area contributed by atoms with Crippen molar-refractivity contribution in [3.8, 4) is 0 Å². The largest absolute Gasteiger partial charge is 0.340 e. The molecule has 0 N–H and O–H groups in total. The van der Waals surface area contributed by atoms with Crippen LogP contribution in [-0.4, -0.2) is 46.9 Å². The molecule has 0 unspecified atom stereocenters. The Bertz CT molecular complexity index is 726. The number of hydrogen-bond acceptors (Lipinski definition) is 3. The molecule has 1 fully saturated rings. The van der Waals surface area contributed by atoms with Crippen LogP contribution in [0.15, 0.2) is 48.8 Å². The van der Waals surface area contributed by atoms with Crippen molar-refractivity contribution in [2.24, 2.45) is 0 Å². The number of benzene rings is 1. The number of carbonyl (C=O) groups is 1. The van der Waals surface area contributed by atoms with Gasteiger partial charge in [-0.1, -0.05) is 45.0 Å². The van der Waals surface area contributed by atoms with Gasteiger partial charge in [0.1, 0.15) is 0 Å². The molecule has 1 amide bonds. The van der Waals surface area contributed by atoms with Gasteiger partial charge in [-0.05, 0) is 40.7 Å². The van der Waals surface area contributed by atoms with E-state index in [4.69, 9.17) is 0 Å². The van der Waals surface area contributed by atoms with E-state index in [0.717, 1.165) is 39.1 Å². The molecule has 2 heterocycles. The molecule has 27 heavy (non-hydrogen) atoms. The van der Waals surface area contributed by atoms with Crippen LogP contribution in [0.4, 0.5) is 0 Å². The summed E-state index contributed by atoms with van der Waals surface area (Å²) in [6.07, 6.45) is 5.09. The summed E-state index contributed by atoms with van der Waals surface area (Å²) in [5.74, 6) is 0.276. The highest BCUT2D eigenvalue weighted by molar-refractivity contribution is 5.76. The zero-order valence-corrected chi connectivity index (χ0v) is 16.8. The van der Waals surface area contributed by atoms with Gasteiger partial charge in [0, 0.05) is 51.5 Å². The van der Waals surface area contributed by atoms with Crippen LogP contribution in [0.5, 0.6) is 0 Å². The zero-order chi connectivity index (χ0) is 19.3. The van der Waals surface area contributed by atoms with Gasteiger partial charge in [0.05, 0.1) is 0 Å². The molecule has 144 valence electrons. The Morgan fingerprint density at radius 1 is 0.926 bits per heavy atom. The van der Waals surface area contributed by atoms with E-state index in [1.165, 1.54) is 16.7 Å². The van der Waals surface area contributed by atoms with Gasteiger partial charge < -0.3 is 4.90 Å². The summed E-state index contributed by atoms with van der Waals surface area (Å²) < 4.78 is 0. The number of nitrogens with zero attached hydrogens (tertiary/aromatic N) is 3. The quantitative estimate of drug-likeness (QED) is 0.811. The lowest BCUT2D eigenvalue weighted by Crippen LogP contribution is -2.48. The summed E-state index contributed by atoms with van der Waals surface area (Å²) in [4.78, 5) is 21.1. The smallest absolute Gasteiger partial charge is 0.222 e. The molecule has 0 atom stereocenters. The van der Waals surface area contributed by atoms with Crippen LogP contribution in [0.25, 0.3) is 0 Å². The molecule has 1 aliphatic rings. The molecule has 0 aliphatic carbocycles. The number of piperazine rings is 1. The number of carbonyl (C=O) groups excluding carboxylic acids is 1. The molecule has 3 rings (SSSR count). The van der Waals surface area contributed by atoms with Gasteiger partial charge in [0.25, 0.3) is 0 Å². The fourth-order valence-electron chi connectivity index (χ4n) is 3.48. The molecular weight excluding hydrogens is 334 g/mol. The van der Waals surface area contributed by atoms with Crippen LogP contribution >= 0.6 is 0 Å². The van der Waals surface area contributed by atoms with Crippen LogP contribution in [0.2, 0.25) is 0 Å². The van der Waals surface area contributed by atoms with Gasteiger partial charge in [0.2, 0.25) is 5.91 Å². The standard InChI is InChI=1S/C23H31N3O/c1-23(2,3)21-7-4-19(5-8-21)6-9-22(27)26-16-14-25(15-17-26)18-20-10-12-24-13-11-20/h4-5,7-8,10-13H,6,9,14-18H2,1-3H3. The van der Waals surface area contributed by atoms with E-state index >= 15 is 0 Å². The monoisotopic (exact) mass is 365 g/mol. The molecule has 1 saturated heterocycles. The topological polar surface area (TPSA) is 36.4 Å². The minimum absolute atomic E-state index is 0.171. The molecule has 4 heteroatoms. The minimum Gasteiger partial charge on any atom is -0.340 e. The first kappa shape index (κ1) is 19.6. The van der Waals surface area contributed by atoms with Gasteiger partial charge >= 0.3 is 0 Å². The first-order chi connectivity index (χ1) is 12.9. The van der Waals surface area contributed by atoms with Crippen LogP contribution in [0.1, 0.15) is 43.9 Å². The first-order valence-electron chi connectivity index (χ1n) is 9.90. The Labute approximate surface area is 163 Å². The molecule has 4 nitrogen and oxygen atoms in total. The molecule has 0 spiro atoms. The zero-order valence-electron chi connectivity index (χ0n) is 16.8. The predicted octanol–water partition coefficient (Wildman–Crippen LogP) is 3.66. The number of rotatable bonds is 5. The highest BCUT2D eigenvalue weighted by Gasteiger charge is 2.21. The second-order valence-electron chi connectivity index (χ2n) is 8.46.